The minimum atomic E-state index is -4.55. The van der Waals surface area contributed by atoms with Crippen LogP contribution in [0.4, 0.5) is 26.3 Å². The number of carboxylic acid groups (broad SMARTS) is 1. The number of alkyl halides is 6. The molecule has 0 unspecified atom stereocenters. The quantitative estimate of drug-likeness (QED) is 0.408. The third kappa shape index (κ3) is 14.2. The van der Waals surface area contributed by atoms with E-state index in [1.54, 1.807) is 0 Å². The van der Waals surface area contributed by atoms with Crippen molar-refractivity contribution in [2.24, 2.45) is 0 Å². The van der Waals surface area contributed by atoms with Gasteiger partial charge in [0, 0.05) is 0 Å². The fourth-order valence-electron chi connectivity index (χ4n) is 1.50. The topological polar surface area (TPSA) is 124 Å². The van der Waals surface area contributed by atoms with Crippen LogP contribution in [0.2, 0.25) is 0 Å². The Hall–Kier alpha value is -3.48. The van der Waals surface area contributed by atoms with Gasteiger partial charge in [-0.15, -0.1) is 0 Å². The van der Waals surface area contributed by atoms with Gasteiger partial charge in [0.25, 0.3) is 0 Å². The molecule has 2 aromatic rings. The third-order valence-corrected chi connectivity index (χ3v) is 2.72. The molecule has 0 bridgehead atoms. The fourth-order valence-corrected chi connectivity index (χ4v) is 1.50. The first kappa shape index (κ1) is 27.5. The number of carboxylic acids is 1. The second-order valence-corrected chi connectivity index (χ2v) is 5.37. The molecule has 13 heteroatoms. The van der Waals surface area contributed by atoms with Gasteiger partial charge in [0.1, 0.15) is 18.1 Å². The van der Waals surface area contributed by atoms with Crippen molar-refractivity contribution in [2.75, 3.05) is 13.2 Å². The highest BCUT2D eigenvalue weighted by Crippen LogP contribution is 2.17. The number of aromatic hydroxyl groups is 2. The average molecular weight is 458 g/mol. The molecule has 2 aromatic carbocycles. The highest BCUT2D eigenvalue weighted by atomic mass is 19.4. The second kappa shape index (κ2) is 12.3. The zero-order valence-corrected chi connectivity index (χ0v) is 15.3. The first-order valence-corrected chi connectivity index (χ1v) is 7.87. The molecule has 0 aliphatic carbocycles. The molecule has 172 valence electrons. The van der Waals surface area contributed by atoms with Crippen LogP contribution in [0.5, 0.6) is 11.5 Å². The summed E-state index contributed by atoms with van der Waals surface area (Å²) in [5.41, 5.74) is -0.0285. The summed E-state index contributed by atoms with van der Waals surface area (Å²) in [6.45, 7) is -3.37. The van der Waals surface area contributed by atoms with Gasteiger partial charge in [-0.05, 0) is 36.4 Å². The van der Waals surface area contributed by atoms with Crippen LogP contribution >= 0.6 is 0 Å². The molecule has 31 heavy (non-hydrogen) atoms. The summed E-state index contributed by atoms with van der Waals surface area (Å²) in [7, 11) is 0. The maximum Gasteiger partial charge on any atom is 0.422 e. The lowest BCUT2D eigenvalue weighted by molar-refractivity contribution is -0.161. The van der Waals surface area contributed by atoms with E-state index in [1.165, 1.54) is 42.5 Å². The number of carbonyl (C=O) groups excluding carboxylic acids is 1. The molecular formula is C18H16F6O7. The van der Waals surface area contributed by atoms with Crippen molar-refractivity contribution < 1.29 is 61.1 Å². The molecule has 0 atom stereocenters. The Morgan fingerprint density at radius 3 is 1.55 bits per heavy atom. The van der Waals surface area contributed by atoms with Crippen molar-refractivity contribution >= 4 is 11.9 Å². The molecule has 4 N–H and O–H groups in total. The molecule has 0 radical (unpaired) electrons. The van der Waals surface area contributed by atoms with E-state index in [1.807, 2.05) is 0 Å². The van der Waals surface area contributed by atoms with Gasteiger partial charge in [-0.3, -0.25) is 0 Å². The summed E-state index contributed by atoms with van der Waals surface area (Å²) in [5, 5.41) is 33.4. The van der Waals surface area contributed by atoms with Crippen LogP contribution in [0.25, 0.3) is 0 Å². The third-order valence-electron chi connectivity index (χ3n) is 2.72. The lowest BCUT2D eigenvalue weighted by Crippen LogP contribution is -2.20. The van der Waals surface area contributed by atoms with Crippen LogP contribution < -0.4 is 0 Å². The maximum absolute atomic E-state index is 11.7. The lowest BCUT2D eigenvalue weighted by atomic mass is 10.2. The van der Waals surface area contributed by atoms with E-state index in [4.69, 9.17) is 20.4 Å². The van der Waals surface area contributed by atoms with Gasteiger partial charge >= 0.3 is 24.3 Å². The standard InChI is InChI=1S/C9H7F3O3.C7H6O3.C2H3F3O/c10-9(11,12)5-15-8(14)6-2-1-3-7(13)4-6;8-6-3-1-2-5(4-6)7(9)10;3-2(4,5)1-6/h1-4,13H,5H2;1-4,8H,(H,9,10);6H,1H2. The summed E-state index contributed by atoms with van der Waals surface area (Å²) in [4.78, 5) is 21.3. The van der Waals surface area contributed by atoms with Crippen LogP contribution in [0.3, 0.4) is 0 Å². The average Bonchev–Trinajstić information content (AvgIpc) is 2.66. The summed E-state index contributed by atoms with van der Waals surface area (Å²) in [5.74, 6) is -2.39. The number of aliphatic hydroxyl groups is 1. The number of halogens is 6. The molecule has 0 fully saturated rings. The number of aliphatic hydroxyl groups excluding tert-OH is 1. The van der Waals surface area contributed by atoms with Crippen molar-refractivity contribution in [1.82, 2.24) is 0 Å². The van der Waals surface area contributed by atoms with Gasteiger partial charge in [0.15, 0.2) is 6.61 Å². The molecular weight excluding hydrogens is 442 g/mol. The number of hydrogen-bond acceptors (Lipinski definition) is 6. The predicted molar refractivity (Wildman–Crippen MR) is 92.7 cm³/mol. The highest BCUT2D eigenvalue weighted by Gasteiger charge is 2.29. The van der Waals surface area contributed by atoms with E-state index in [-0.39, 0.29) is 22.6 Å². The summed E-state index contributed by atoms with van der Waals surface area (Å²) < 4.78 is 70.6. The van der Waals surface area contributed by atoms with Gasteiger partial charge in [0.2, 0.25) is 0 Å². The van der Waals surface area contributed by atoms with Gasteiger partial charge in [-0.1, -0.05) is 12.1 Å². The van der Waals surface area contributed by atoms with Gasteiger partial charge in [-0.2, -0.15) is 26.3 Å². The van der Waals surface area contributed by atoms with Crippen LogP contribution in [-0.4, -0.2) is 57.9 Å². The highest BCUT2D eigenvalue weighted by molar-refractivity contribution is 5.89. The van der Waals surface area contributed by atoms with Crippen LogP contribution in [0.1, 0.15) is 20.7 Å². The number of carbonyl (C=O) groups is 2. The predicted octanol–water partition coefficient (Wildman–Crippen LogP) is 3.74. The smallest absolute Gasteiger partial charge is 0.422 e. The number of aromatic carboxylic acids is 1. The molecule has 7 nitrogen and oxygen atoms in total. The Kier molecular flexibility index (Phi) is 10.9. The van der Waals surface area contributed by atoms with E-state index < -0.39 is 37.5 Å². The first-order valence-electron chi connectivity index (χ1n) is 7.87. The van der Waals surface area contributed by atoms with Crippen LogP contribution in [-0.2, 0) is 4.74 Å². The SMILES string of the molecule is O=C(O)c1cccc(O)c1.O=C(OCC(F)(F)F)c1cccc(O)c1.OCC(F)(F)F. The minimum Gasteiger partial charge on any atom is -0.508 e. The van der Waals surface area contributed by atoms with Crippen molar-refractivity contribution in [3.8, 4) is 11.5 Å². The number of phenols is 2. The number of ether oxygens (including phenoxy) is 1. The largest absolute Gasteiger partial charge is 0.508 e. The Morgan fingerprint density at radius 2 is 1.23 bits per heavy atom. The fraction of sp³-hybridized carbons (Fsp3) is 0.222. The van der Waals surface area contributed by atoms with E-state index in [0.717, 1.165) is 6.07 Å². The Bertz CT molecular complexity index is 850. The van der Waals surface area contributed by atoms with Gasteiger partial charge in [-0.25, -0.2) is 9.59 Å². The molecule has 0 saturated heterocycles. The molecule has 2 rings (SSSR count). The van der Waals surface area contributed by atoms with Crippen molar-refractivity contribution in [3.05, 3.63) is 59.7 Å². The monoisotopic (exact) mass is 458 g/mol. The van der Waals surface area contributed by atoms with Crippen molar-refractivity contribution in [3.63, 3.8) is 0 Å². The zero-order valence-electron chi connectivity index (χ0n) is 15.3. The Morgan fingerprint density at radius 1 is 0.806 bits per heavy atom. The van der Waals surface area contributed by atoms with E-state index >= 15 is 0 Å². The molecule has 0 aromatic heterocycles. The normalized spacial score (nSPS) is 10.7. The number of esters is 1. The van der Waals surface area contributed by atoms with Crippen LogP contribution in [0.15, 0.2) is 48.5 Å². The van der Waals surface area contributed by atoms with Crippen LogP contribution in [0, 0.1) is 0 Å². The Labute approximate surface area is 170 Å². The molecule has 0 spiro atoms. The number of benzene rings is 2. The minimum absolute atomic E-state index is 0.0279. The molecule has 0 amide bonds. The Balaban J connectivity index is 0.000000484. The molecule has 0 heterocycles. The number of hydrogen-bond donors (Lipinski definition) is 4. The number of phenolic OH excluding ortho intramolecular Hbond substituents is 2. The van der Waals surface area contributed by atoms with E-state index in [2.05, 4.69) is 4.74 Å². The van der Waals surface area contributed by atoms with Gasteiger partial charge < -0.3 is 25.2 Å². The van der Waals surface area contributed by atoms with Crippen molar-refractivity contribution in [2.45, 2.75) is 12.4 Å². The molecule has 0 saturated carbocycles. The summed E-state index contributed by atoms with van der Waals surface area (Å²) in [6, 6.07) is 10.4. The zero-order chi connectivity index (χ0) is 24.2. The van der Waals surface area contributed by atoms with E-state index in [9.17, 15) is 35.9 Å². The summed E-state index contributed by atoms with van der Waals surface area (Å²) in [6.07, 6.45) is -8.95. The van der Waals surface area contributed by atoms with E-state index in [0.29, 0.717) is 0 Å². The number of rotatable bonds is 3. The second-order valence-electron chi connectivity index (χ2n) is 5.37. The first-order chi connectivity index (χ1) is 14.1. The maximum atomic E-state index is 11.7. The molecule has 0 aliphatic rings. The molecule has 0 aliphatic heterocycles. The summed E-state index contributed by atoms with van der Waals surface area (Å²) >= 11 is 0. The van der Waals surface area contributed by atoms with Crippen molar-refractivity contribution in [1.29, 1.82) is 0 Å². The lowest BCUT2D eigenvalue weighted by Gasteiger charge is -2.07. The van der Waals surface area contributed by atoms with Gasteiger partial charge in [0.05, 0.1) is 11.1 Å².